The Bertz CT molecular complexity index is 557. The van der Waals surface area contributed by atoms with Crippen molar-refractivity contribution in [2.45, 2.75) is 13.2 Å². The molecular weight excluding hydrogens is 268 g/mol. The third-order valence-electron chi connectivity index (χ3n) is 2.52. The van der Waals surface area contributed by atoms with E-state index in [0.29, 0.717) is 0 Å². The summed E-state index contributed by atoms with van der Waals surface area (Å²) in [5.41, 5.74) is -0.251. The topological polar surface area (TPSA) is 95.2 Å². The minimum Gasteiger partial charge on any atom is -0.496 e. The second-order valence-electron chi connectivity index (χ2n) is 3.69. The normalized spacial score (nSPS) is 10.8. The van der Waals surface area contributed by atoms with Gasteiger partial charge in [-0.1, -0.05) is 0 Å². The van der Waals surface area contributed by atoms with Crippen LogP contribution < -0.4 is 10.4 Å². The number of aliphatic hydroxyl groups is 1. The highest BCUT2D eigenvalue weighted by atomic mass is 16.5. The van der Waals surface area contributed by atoms with Gasteiger partial charge in [0.05, 0.1) is 33.0 Å². The molecule has 0 aromatic carbocycles. The van der Waals surface area contributed by atoms with Gasteiger partial charge in [0.15, 0.2) is 0 Å². The van der Waals surface area contributed by atoms with Gasteiger partial charge in [-0.15, -0.1) is 0 Å². The Morgan fingerprint density at radius 1 is 1.30 bits per heavy atom. The van der Waals surface area contributed by atoms with Crippen LogP contribution in [0.1, 0.15) is 16.9 Å². The largest absolute Gasteiger partial charge is 0.496 e. The van der Waals surface area contributed by atoms with E-state index in [1.165, 1.54) is 27.4 Å². The van der Waals surface area contributed by atoms with Gasteiger partial charge in [0.25, 0.3) is 0 Å². The van der Waals surface area contributed by atoms with Crippen LogP contribution in [0.2, 0.25) is 0 Å². The molecule has 0 unspecified atom stereocenters. The molecule has 20 heavy (non-hydrogen) atoms. The lowest BCUT2D eigenvalue weighted by atomic mass is 10.1. The first-order valence-corrected chi connectivity index (χ1v) is 5.67. The fourth-order valence-corrected chi connectivity index (χ4v) is 1.62. The number of esters is 1. The summed E-state index contributed by atoms with van der Waals surface area (Å²) in [4.78, 5) is 22.9. The lowest BCUT2D eigenvalue weighted by molar-refractivity contribution is -0.134. The Morgan fingerprint density at radius 2 is 2.00 bits per heavy atom. The molecule has 7 nitrogen and oxygen atoms in total. The molecule has 0 saturated heterocycles. The second-order valence-corrected chi connectivity index (χ2v) is 3.69. The smallest absolute Gasteiger partial charge is 0.345 e. The zero-order valence-corrected chi connectivity index (χ0v) is 11.5. The van der Waals surface area contributed by atoms with E-state index < -0.39 is 18.2 Å². The predicted molar refractivity (Wildman–Crippen MR) is 69.2 cm³/mol. The number of rotatable bonds is 6. The van der Waals surface area contributed by atoms with Gasteiger partial charge in [-0.25, -0.2) is 9.59 Å². The summed E-state index contributed by atoms with van der Waals surface area (Å²) in [7, 11) is 4.00. The van der Waals surface area contributed by atoms with Crippen molar-refractivity contribution in [3.8, 4) is 5.75 Å². The molecule has 1 rings (SSSR count). The van der Waals surface area contributed by atoms with Gasteiger partial charge in [0.2, 0.25) is 0 Å². The number of hydrogen-bond donors (Lipinski definition) is 1. The first-order valence-electron chi connectivity index (χ1n) is 5.67. The molecule has 0 bridgehead atoms. The Hall–Kier alpha value is -2.12. The maximum absolute atomic E-state index is 11.8. The molecule has 0 aliphatic rings. The van der Waals surface area contributed by atoms with Gasteiger partial charge in [-0.05, 0) is 6.08 Å². The van der Waals surface area contributed by atoms with Gasteiger partial charge >= 0.3 is 11.6 Å². The molecular formula is C13H16O7. The van der Waals surface area contributed by atoms with Crippen LogP contribution in [0.5, 0.6) is 5.75 Å². The molecule has 0 spiro atoms. The summed E-state index contributed by atoms with van der Waals surface area (Å²) in [5, 5.41) is 9.40. The molecule has 0 amide bonds. The molecule has 1 aromatic heterocycles. The van der Waals surface area contributed by atoms with Gasteiger partial charge in [-0.2, -0.15) is 0 Å². The quantitative estimate of drug-likeness (QED) is 0.599. The number of carbonyl (C=O) groups is 1. The summed E-state index contributed by atoms with van der Waals surface area (Å²) in [6, 6.07) is 0. The molecule has 0 fully saturated rings. The van der Waals surface area contributed by atoms with Crippen molar-refractivity contribution in [3.05, 3.63) is 33.4 Å². The number of ether oxygens (including phenoxy) is 3. The van der Waals surface area contributed by atoms with E-state index in [1.54, 1.807) is 0 Å². The maximum atomic E-state index is 11.8. The van der Waals surface area contributed by atoms with Crippen molar-refractivity contribution in [1.82, 2.24) is 0 Å². The number of hydrogen-bond acceptors (Lipinski definition) is 7. The first-order chi connectivity index (χ1) is 9.58. The van der Waals surface area contributed by atoms with E-state index in [2.05, 4.69) is 4.74 Å². The standard InChI is InChI=1S/C13H16O7/c1-17-7-9-12(19-3)8(6-14)10(20-13(9)16)4-5-11(15)18-2/h4-5,14H,6-7H2,1-3H3/b5-4+. The number of methoxy groups -OCH3 is 3. The summed E-state index contributed by atoms with van der Waals surface area (Å²) in [6.07, 6.45) is 2.31. The molecule has 7 heteroatoms. The van der Waals surface area contributed by atoms with Crippen LogP contribution in [0.3, 0.4) is 0 Å². The Morgan fingerprint density at radius 3 is 2.50 bits per heavy atom. The van der Waals surface area contributed by atoms with Gasteiger partial charge in [0.1, 0.15) is 17.1 Å². The first kappa shape index (κ1) is 15.9. The van der Waals surface area contributed by atoms with Crippen LogP contribution in [0.15, 0.2) is 15.3 Å². The van der Waals surface area contributed by atoms with Gasteiger partial charge in [-0.3, -0.25) is 0 Å². The van der Waals surface area contributed by atoms with Crippen molar-refractivity contribution in [1.29, 1.82) is 0 Å². The Balaban J connectivity index is 3.39. The molecule has 0 aliphatic heterocycles. The minimum absolute atomic E-state index is 0.0144. The minimum atomic E-state index is -0.662. The molecule has 110 valence electrons. The van der Waals surface area contributed by atoms with Crippen LogP contribution in [-0.4, -0.2) is 32.4 Å². The summed E-state index contributed by atoms with van der Waals surface area (Å²) < 4.78 is 19.5. The second kappa shape index (κ2) is 7.46. The maximum Gasteiger partial charge on any atom is 0.345 e. The van der Waals surface area contributed by atoms with Gasteiger partial charge in [0, 0.05) is 13.2 Å². The zero-order valence-electron chi connectivity index (χ0n) is 11.5. The molecule has 1 N–H and O–H groups in total. The zero-order chi connectivity index (χ0) is 15.1. The number of aliphatic hydroxyl groups excluding tert-OH is 1. The van der Waals surface area contributed by atoms with E-state index in [4.69, 9.17) is 13.9 Å². The highest BCUT2D eigenvalue weighted by Crippen LogP contribution is 2.26. The van der Waals surface area contributed by atoms with Crippen LogP contribution in [0, 0.1) is 0 Å². The molecule has 0 atom stereocenters. The van der Waals surface area contributed by atoms with Crippen molar-refractivity contribution < 1.29 is 28.5 Å². The number of carbonyl (C=O) groups excluding carboxylic acids is 1. The molecule has 0 saturated carbocycles. The molecule has 1 aromatic rings. The van der Waals surface area contributed by atoms with Crippen molar-refractivity contribution in [2.24, 2.45) is 0 Å². The van der Waals surface area contributed by atoms with Crippen LogP contribution in [0.25, 0.3) is 6.08 Å². The monoisotopic (exact) mass is 284 g/mol. The Kier molecular flexibility index (Phi) is 5.95. The van der Waals surface area contributed by atoms with E-state index in [-0.39, 0.29) is 29.2 Å². The third-order valence-corrected chi connectivity index (χ3v) is 2.52. The van der Waals surface area contributed by atoms with Crippen LogP contribution in [0.4, 0.5) is 0 Å². The van der Waals surface area contributed by atoms with Gasteiger partial charge < -0.3 is 23.7 Å². The molecule has 0 radical (unpaired) electrons. The lowest BCUT2D eigenvalue weighted by Crippen LogP contribution is -2.14. The predicted octanol–water partition coefficient (Wildman–Crippen LogP) is 0.473. The lowest BCUT2D eigenvalue weighted by Gasteiger charge is -2.12. The van der Waals surface area contributed by atoms with E-state index >= 15 is 0 Å². The highest BCUT2D eigenvalue weighted by molar-refractivity contribution is 5.86. The highest BCUT2D eigenvalue weighted by Gasteiger charge is 2.19. The fraction of sp³-hybridized carbons (Fsp3) is 0.385. The molecule has 1 heterocycles. The van der Waals surface area contributed by atoms with E-state index in [1.807, 2.05) is 0 Å². The Labute approximate surface area is 115 Å². The van der Waals surface area contributed by atoms with Crippen LogP contribution >= 0.6 is 0 Å². The van der Waals surface area contributed by atoms with E-state index in [9.17, 15) is 14.7 Å². The van der Waals surface area contributed by atoms with Crippen LogP contribution in [-0.2, 0) is 27.5 Å². The fourth-order valence-electron chi connectivity index (χ4n) is 1.62. The molecule has 0 aliphatic carbocycles. The van der Waals surface area contributed by atoms with Crippen molar-refractivity contribution >= 4 is 12.0 Å². The SMILES string of the molecule is COCc1c(OC)c(CO)c(/C=C/C(=O)OC)oc1=O. The third kappa shape index (κ3) is 3.46. The van der Waals surface area contributed by atoms with E-state index in [0.717, 1.165) is 6.08 Å². The summed E-state index contributed by atoms with van der Waals surface area (Å²) in [5.74, 6) is -0.411. The summed E-state index contributed by atoms with van der Waals surface area (Å²) in [6.45, 7) is -0.440. The van der Waals surface area contributed by atoms with Crippen molar-refractivity contribution in [2.75, 3.05) is 21.3 Å². The summed E-state index contributed by atoms with van der Waals surface area (Å²) >= 11 is 0. The average molecular weight is 284 g/mol. The van der Waals surface area contributed by atoms with Crippen molar-refractivity contribution in [3.63, 3.8) is 0 Å². The average Bonchev–Trinajstić information content (AvgIpc) is 2.46.